The molecule has 2 rings (SSSR count). The van der Waals surface area contributed by atoms with Crippen LogP contribution in [0.15, 0.2) is 24.3 Å². The summed E-state index contributed by atoms with van der Waals surface area (Å²) in [7, 11) is 0. The Hall–Kier alpha value is -1.22. The second-order valence-electron chi connectivity index (χ2n) is 3.43. The first-order chi connectivity index (χ1) is 6.24. The van der Waals surface area contributed by atoms with Crippen LogP contribution in [0, 0.1) is 0 Å². The van der Waals surface area contributed by atoms with Crippen molar-refractivity contribution in [1.29, 1.82) is 0 Å². The van der Waals surface area contributed by atoms with Gasteiger partial charge in [0.05, 0.1) is 6.10 Å². The highest BCUT2D eigenvalue weighted by atomic mass is 16.5. The molecule has 0 amide bonds. The number of aliphatic hydroxyl groups excluding tert-OH is 1. The summed E-state index contributed by atoms with van der Waals surface area (Å²) in [5, 5.41) is 9.04. The van der Waals surface area contributed by atoms with E-state index in [1.54, 1.807) is 0 Å². The highest BCUT2D eigenvalue weighted by Gasteiger charge is 2.28. The largest absolute Gasteiger partial charge is 0.490 e. The zero-order valence-electron chi connectivity index (χ0n) is 7.31. The summed E-state index contributed by atoms with van der Waals surface area (Å²) in [4.78, 5) is 0. The summed E-state index contributed by atoms with van der Waals surface area (Å²) >= 11 is 0. The minimum Gasteiger partial charge on any atom is -0.490 e. The molecule has 13 heavy (non-hydrogen) atoms. The number of rotatable bonds is 2. The van der Waals surface area contributed by atoms with Gasteiger partial charge in [0.1, 0.15) is 11.9 Å². The summed E-state index contributed by atoms with van der Waals surface area (Å²) in [5.74, 6) is 0.825. The van der Waals surface area contributed by atoms with Crippen molar-refractivity contribution in [1.82, 2.24) is 0 Å². The van der Waals surface area contributed by atoms with Crippen molar-refractivity contribution in [2.75, 3.05) is 5.73 Å². The standard InChI is InChI=1S/C10H13NO2/c11-7-1-3-9(4-2-7)13-10-5-8(12)6-10/h1-4,8,10,12H,5-6,11H2/t8-,10+. The molecule has 0 aliphatic heterocycles. The molecule has 0 heterocycles. The third-order valence-corrected chi connectivity index (χ3v) is 2.25. The molecular formula is C10H13NO2. The molecule has 1 aliphatic rings. The molecule has 1 aliphatic carbocycles. The van der Waals surface area contributed by atoms with Crippen LogP contribution in [0.5, 0.6) is 5.75 Å². The Labute approximate surface area is 77.1 Å². The lowest BCUT2D eigenvalue weighted by molar-refractivity contribution is -0.0107. The summed E-state index contributed by atoms with van der Waals surface area (Å²) in [6.07, 6.45) is 1.49. The first-order valence-corrected chi connectivity index (χ1v) is 4.44. The number of hydrogen-bond donors (Lipinski definition) is 2. The quantitative estimate of drug-likeness (QED) is 0.670. The molecule has 70 valence electrons. The summed E-state index contributed by atoms with van der Waals surface area (Å²) in [6, 6.07) is 7.31. The number of benzene rings is 1. The van der Waals surface area contributed by atoms with Crippen molar-refractivity contribution in [2.45, 2.75) is 25.0 Å². The predicted octanol–water partition coefficient (Wildman–Crippen LogP) is 1.17. The Balaban J connectivity index is 1.91. The van der Waals surface area contributed by atoms with E-state index in [1.807, 2.05) is 24.3 Å². The molecule has 1 aromatic rings. The predicted molar refractivity (Wildman–Crippen MR) is 50.5 cm³/mol. The number of hydrogen-bond acceptors (Lipinski definition) is 3. The van der Waals surface area contributed by atoms with Gasteiger partial charge in [-0.15, -0.1) is 0 Å². The van der Waals surface area contributed by atoms with E-state index in [-0.39, 0.29) is 12.2 Å². The van der Waals surface area contributed by atoms with Crippen LogP contribution < -0.4 is 10.5 Å². The first kappa shape index (κ1) is 8.38. The van der Waals surface area contributed by atoms with Gasteiger partial charge in [0.15, 0.2) is 0 Å². The van der Waals surface area contributed by atoms with E-state index in [1.165, 1.54) is 0 Å². The van der Waals surface area contributed by atoms with Crippen LogP contribution >= 0.6 is 0 Å². The third-order valence-electron chi connectivity index (χ3n) is 2.25. The van der Waals surface area contributed by atoms with Crippen LogP contribution in [0.3, 0.4) is 0 Å². The van der Waals surface area contributed by atoms with Crippen molar-refractivity contribution in [3.8, 4) is 5.75 Å². The Morgan fingerprint density at radius 1 is 1.23 bits per heavy atom. The Kier molecular flexibility index (Phi) is 2.10. The van der Waals surface area contributed by atoms with E-state index in [0.717, 1.165) is 24.3 Å². The van der Waals surface area contributed by atoms with Gasteiger partial charge in [-0.2, -0.15) is 0 Å². The van der Waals surface area contributed by atoms with Gasteiger partial charge >= 0.3 is 0 Å². The molecule has 1 fully saturated rings. The van der Waals surface area contributed by atoms with E-state index in [0.29, 0.717) is 0 Å². The van der Waals surface area contributed by atoms with Crippen molar-refractivity contribution in [3.63, 3.8) is 0 Å². The van der Waals surface area contributed by atoms with Crippen molar-refractivity contribution in [3.05, 3.63) is 24.3 Å². The second-order valence-corrected chi connectivity index (χ2v) is 3.43. The molecule has 0 spiro atoms. The normalized spacial score (nSPS) is 26.5. The summed E-state index contributed by atoms with van der Waals surface area (Å²) in [6.45, 7) is 0. The Bertz CT molecular complexity index is 277. The van der Waals surface area contributed by atoms with E-state index >= 15 is 0 Å². The highest BCUT2D eigenvalue weighted by molar-refractivity contribution is 5.41. The second kappa shape index (κ2) is 3.26. The van der Waals surface area contributed by atoms with Gasteiger partial charge in [-0.1, -0.05) is 0 Å². The number of nitrogens with two attached hydrogens (primary N) is 1. The van der Waals surface area contributed by atoms with Gasteiger partial charge < -0.3 is 15.6 Å². The molecule has 0 radical (unpaired) electrons. The van der Waals surface area contributed by atoms with Crippen LogP contribution in [0.2, 0.25) is 0 Å². The van der Waals surface area contributed by atoms with Gasteiger partial charge in [-0.05, 0) is 24.3 Å². The minimum atomic E-state index is -0.168. The summed E-state index contributed by atoms with van der Waals surface area (Å²) < 4.78 is 5.56. The number of nitrogen functional groups attached to an aromatic ring is 1. The first-order valence-electron chi connectivity index (χ1n) is 4.44. The number of ether oxygens (including phenoxy) is 1. The SMILES string of the molecule is Nc1ccc(O[C@H]2C[C@@H](O)C2)cc1. The lowest BCUT2D eigenvalue weighted by Crippen LogP contribution is -2.37. The molecular weight excluding hydrogens is 166 g/mol. The molecule has 3 N–H and O–H groups in total. The third kappa shape index (κ3) is 1.92. The van der Waals surface area contributed by atoms with Gasteiger partial charge in [-0.25, -0.2) is 0 Å². The molecule has 0 unspecified atom stereocenters. The van der Waals surface area contributed by atoms with Crippen molar-refractivity contribution < 1.29 is 9.84 Å². The van der Waals surface area contributed by atoms with Crippen LogP contribution in [-0.2, 0) is 0 Å². The zero-order valence-corrected chi connectivity index (χ0v) is 7.31. The average Bonchev–Trinajstić information content (AvgIpc) is 2.06. The Morgan fingerprint density at radius 2 is 1.85 bits per heavy atom. The average molecular weight is 179 g/mol. The minimum absolute atomic E-state index is 0.168. The van der Waals surface area contributed by atoms with Crippen molar-refractivity contribution in [2.24, 2.45) is 0 Å². The maximum absolute atomic E-state index is 9.04. The van der Waals surface area contributed by atoms with Crippen molar-refractivity contribution >= 4 is 5.69 Å². The molecule has 1 saturated carbocycles. The maximum atomic E-state index is 9.04. The molecule has 0 bridgehead atoms. The van der Waals surface area contributed by atoms with Gasteiger partial charge in [0, 0.05) is 18.5 Å². The number of anilines is 1. The molecule has 3 nitrogen and oxygen atoms in total. The van der Waals surface area contributed by atoms with Gasteiger partial charge in [0.2, 0.25) is 0 Å². The molecule has 1 aromatic carbocycles. The van der Waals surface area contributed by atoms with Crippen LogP contribution in [0.1, 0.15) is 12.8 Å². The van der Waals surface area contributed by atoms with E-state index in [2.05, 4.69) is 0 Å². The fourth-order valence-corrected chi connectivity index (χ4v) is 1.37. The zero-order chi connectivity index (χ0) is 9.26. The van der Waals surface area contributed by atoms with E-state index in [9.17, 15) is 0 Å². The smallest absolute Gasteiger partial charge is 0.119 e. The fraction of sp³-hybridized carbons (Fsp3) is 0.400. The molecule has 0 aromatic heterocycles. The lowest BCUT2D eigenvalue weighted by Gasteiger charge is -2.31. The van der Waals surface area contributed by atoms with Gasteiger partial charge in [0.25, 0.3) is 0 Å². The van der Waals surface area contributed by atoms with E-state index < -0.39 is 0 Å². The monoisotopic (exact) mass is 179 g/mol. The Morgan fingerprint density at radius 3 is 2.38 bits per heavy atom. The fourth-order valence-electron chi connectivity index (χ4n) is 1.37. The topological polar surface area (TPSA) is 55.5 Å². The summed E-state index contributed by atoms with van der Waals surface area (Å²) in [5.41, 5.74) is 6.27. The van der Waals surface area contributed by atoms with Gasteiger partial charge in [-0.3, -0.25) is 0 Å². The molecule has 3 heteroatoms. The maximum Gasteiger partial charge on any atom is 0.119 e. The van der Waals surface area contributed by atoms with Crippen LogP contribution in [-0.4, -0.2) is 17.3 Å². The molecule has 0 atom stereocenters. The van der Waals surface area contributed by atoms with E-state index in [4.69, 9.17) is 15.6 Å². The molecule has 0 saturated heterocycles. The lowest BCUT2D eigenvalue weighted by atomic mass is 9.92. The highest BCUT2D eigenvalue weighted by Crippen LogP contribution is 2.25. The van der Waals surface area contributed by atoms with Crippen LogP contribution in [0.25, 0.3) is 0 Å². The van der Waals surface area contributed by atoms with Crippen LogP contribution in [0.4, 0.5) is 5.69 Å². The number of aliphatic hydroxyl groups is 1.